The molecule has 1 N–H and O–H groups in total. The summed E-state index contributed by atoms with van der Waals surface area (Å²) in [5.41, 5.74) is -0.0656. The van der Waals surface area contributed by atoms with Crippen LogP contribution < -0.4 is 5.32 Å². The highest BCUT2D eigenvalue weighted by Gasteiger charge is 2.19. The molecule has 0 aliphatic heterocycles. The topological polar surface area (TPSA) is 42.0 Å². The fraction of sp³-hybridized carbons (Fsp3) is 0.0769. The first kappa shape index (κ1) is 14.5. The van der Waals surface area contributed by atoms with Crippen LogP contribution in [-0.2, 0) is 0 Å². The number of carbonyl (C=O) groups excluding carboxylic acids is 1. The van der Waals surface area contributed by atoms with Crippen molar-refractivity contribution < 1.29 is 18.0 Å². The number of nitrogens with one attached hydrogen (secondary N) is 1. The van der Waals surface area contributed by atoms with Crippen molar-refractivity contribution in [2.45, 2.75) is 6.92 Å². The van der Waals surface area contributed by atoms with Gasteiger partial charge in [-0.25, -0.2) is 18.2 Å². The molecule has 0 fully saturated rings. The molecule has 7 heteroatoms. The van der Waals surface area contributed by atoms with Gasteiger partial charge in [0.2, 0.25) is 0 Å². The lowest BCUT2D eigenvalue weighted by Crippen LogP contribution is -2.17. The van der Waals surface area contributed by atoms with E-state index in [1.165, 1.54) is 12.3 Å². The van der Waals surface area contributed by atoms with Crippen LogP contribution in [0.2, 0.25) is 0 Å². The van der Waals surface area contributed by atoms with Gasteiger partial charge in [-0.05, 0) is 34.5 Å². The summed E-state index contributed by atoms with van der Waals surface area (Å²) in [5, 5.41) is 2.25. The number of anilines is 1. The van der Waals surface area contributed by atoms with Crippen molar-refractivity contribution in [2.75, 3.05) is 5.32 Å². The van der Waals surface area contributed by atoms with Crippen molar-refractivity contribution in [1.82, 2.24) is 4.98 Å². The number of aromatic nitrogens is 1. The Bertz CT molecular complexity index is 668. The minimum Gasteiger partial charge on any atom is -0.306 e. The van der Waals surface area contributed by atoms with E-state index in [9.17, 15) is 18.0 Å². The van der Waals surface area contributed by atoms with Gasteiger partial charge in [-0.2, -0.15) is 0 Å². The molecule has 2 aromatic rings. The van der Waals surface area contributed by atoms with Crippen molar-refractivity contribution in [3.05, 3.63) is 57.4 Å². The van der Waals surface area contributed by atoms with E-state index >= 15 is 0 Å². The summed E-state index contributed by atoms with van der Waals surface area (Å²) in [4.78, 5) is 15.7. The van der Waals surface area contributed by atoms with Crippen molar-refractivity contribution in [1.29, 1.82) is 0 Å². The van der Waals surface area contributed by atoms with Gasteiger partial charge in [0.05, 0.1) is 0 Å². The quantitative estimate of drug-likeness (QED) is 0.899. The standard InChI is InChI=1S/C13H8BrF3N2O/c1-6-2-11(18-5-8(6)14)19-13(20)12-9(16)3-7(15)4-10(12)17/h2-5H,1H3,(H,18,19,20). The predicted octanol–water partition coefficient (Wildman–Crippen LogP) is 3.82. The summed E-state index contributed by atoms with van der Waals surface area (Å²) in [6.07, 6.45) is 1.45. The molecule has 1 amide bonds. The molecule has 0 aliphatic rings. The molecule has 1 aromatic carbocycles. The van der Waals surface area contributed by atoms with Crippen molar-refractivity contribution in [2.24, 2.45) is 0 Å². The third-order valence-corrected chi connectivity index (χ3v) is 3.35. The van der Waals surface area contributed by atoms with Gasteiger partial charge in [-0.15, -0.1) is 0 Å². The van der Waals surface area contributed by atoms with E-state index in [0.717, 1.165) is 10.0 Å². The maximum absolute atomic E-state index is 13.4. The summed E-state index contributed by atoms with van der Waals surface area (Å²) in [6.45, 7) is 1.76. The van der Waals surface area contributed by atoms with Crippen LogP contribution in [0.3, 0.4) is 0 Å². The number of aryl methyl sites for hydroxylation is 1. The Morgan fingerprint density at radius 2 is 1.80 bits per heavy atom. The van der Waals surface area contributed by atoms with Crippen LogP contribution in [0.5, 0.6) is 0 Å². The molecule has 0 aliphatic carbocycles. The Kier molecular flexibility index (Phi) is 4.08. The lowest BCUT2D eigenvalue weighted by atomic mass is 10.1. The normalized spacial score (nSPS) is 10.4. The van der Waals surface area contributed by atoms with Gasteiger partial charge in [0.1, 0.15) is 28.8 Å². The van der Waals surface area contributed by atoms with Gasteiger partial charge >= 0.3 is 0 Å². The van der Waals surface area contributed by atoms with Crippen LogP contribution in [-0.4, -0.2) is 10.9 Å². The third-order valence-electron chi connectivity index (χ3n) is 2.52. The number of carbonyl (C=O) groups is 1. The summed E-state index contributed by atoms with van der Waals surface area (Å²) >= 11 is 3.23. The van der Waals surface area contributed by atoms with Crippen molar-refractivity contribution >= 4 is 27.7 Å². The van der Waals surface area contributed by atoms with Crippen LogP contribution in [0.15, 0.2) is 28.9 Å². The van der Waals surface area contributed by atoms with E-state index < -0.39 is 28.9 Å². The van der Waals surface area contributed by atoms with Crippen LogP contribution in [0.25, 0.3) is 0 Å². The maximum atomic E-state index is 13.4. The van der Waals surface area contributed by atoms with Crippen molar-refractivity contribution in [3.8, 4) is 0 Å². The third kappa shape index (κ3) is 2.98. The average molecular weight is 345 g/mol. The molecule has 0 bridgehead atoms. The molecule has 0 saturated heterocycles. The second-order valence-corrected chi connectivity index (χ2v) is 4.87. The molecule has 1 heterocycles. The van der Waals surface area contributed by atoms with Gasteiger partial charge in [0.15, 0.2) is 0 Å². The molecule has 2 rings (SSSR count). The maximum Gasteiger partial charge on any atom is 0.262 e. The second-order valence-electron chi connectivity index (χ2n) is 4.02. The molecule has 0 radical (unpaired) electrons. The smallest absolute Gasteiger partial charge is 0.262 e. The minimum atomic E-state index is -1.27. The SMILES string of the molecule is Cc1cc(NC(=O)c2c(F)cc(F)cc2F)ncc1Br. The van der Waals surface area contributed by atoms with E-state index in [-0.39, 0.29) is 5.82 Å². The number of benzene rings is 1. The summed E-state index contributed by atoms with van der Waals surface area (Å²) < 4.78 is 40.4. The van der Waals surface area contributed by atoms with Gasteiger partial charge < -0.3 is 5.32 Å². The summed E-state index contributed by atoms with van der Waals surface area (Å²) in [6, 6.07) is 2.41. The fourth-order valence-corrected chi connectivity index (χ4v) is 1.76. The fourth-order valence-electron chi connectivity index (χ4n) is 1.55. The zero-order valence-electron chi connectivity index (χ0n) is 10.2. The number of nitrogens with zero attached hydrogens (tertiary/aromatic N) is 1. The minimum absolute atomic E-state index is 0.138. The molecule has 0 atom stereocenters. The first-order valence-corrected chi connectivity index (χ1v) is 6.26. The Balaban J connectivity index is 2.31. The molecule has 104 valence electrons. The zero-order valence-corrected chi connectivity index (χ0v) is 11.8. The number of halogens is 4. The van der Waals surface area contributed by atoms with E-state index in [4.69, 9.17) is 0 Å². The molecule has 0 unspecified atom stereocenters. The first-order valence-electron chi connectivity index (χ1n) is 5.46. The van der Waals surface area contributed by atoms with Crippen molar-refractivity contribution in [3.63, 3.8) is 0 Å². The largest absolute Gasteiger partial charge is 0.306 e. The molecule has 20 heavy (non-hydrogen) atoms. The van der Waals surface area contributed by atoms with Crippen LogP contribution in [0.4, 0.5) is 19.0 Å². The highest BCUT2D eigenvalue weighted by Crippen LogP contribution is 2.19. The van der Waals surface area contributed by atoms with E-state index in [1.807, 2.05) is 0 Å². The number of rotatable bonds is 2. The first-order chi connectivity index (χ1) is 9.38. The van der Waals surface area contributed by atoms with Gasteiger partial charge in [0, 0.05) is 22.8 Å². The highest BCUT2D eigenvalue weighted by molar-refractivity contribution is 9.10. The monoisotopic (exact) mass is 344 g/mol. The Morgan fingerprint density at radius 3 is 2.35 bits per heavy atom. The predicted molar refractivity (Wildman–Crippen MR) is 70.9 cm³/mol. The molecule has 0 spiro atoms. The lowest BCUT2D eigenvalue weighted by Gasteiger charge is -2.08. The number of hydrogen-bond donors (Lipinski definition) is 1. The molecule has 3 nitrogen and oxygen atoms in total. The highest BCUT2D eigenvalue weighted by atomic mass is 79.9. The van der Waals surface area contributed by atoms with E-state index in [0.29, 0.717) is 12.1 Å². The van der Waals surface area contributed by atoms with Gasteiger partial charge in [-0.1, -0.05) is 0 Å². The number of pyridine rings is 1. The van der Waals surface area contributed by atoms with Crippen LogP contribution in [0, 0.1) is 24.4 Å². The second kappa shape index (κ2) is 5.62. The molecular weight excluding hydrogens is 337 g/mol. The molecule has 0 saturated carbocycles. The molecule has 1 aromatic heterocycles. The average Bonchev–Trinajstić information content (AvgIpc) is 2.32. The molecular formula is C13H8BrF3N2O. The van der Waals surface area contributed by atoms with E-state index in [2.05, 4.69) is 26.2 Å². The lowest BCUT2D eigenvalue weighted by molar-refractivity contribution is 0.101. The number of amides is 1. The Morgan fingerprint density at radius 1 is 1.20 bits per heavy atom. The Hall–Kier alpha value is -1.89. The summed E-state index contributed by atoms with van der Waals surface area (Å²) in [7, 11) is 0. The van der Waals surface area contributed by atoms with Gasteiger partial charge in [0.25, 0.3) is 5.91 Å². The Labute approximate surface area is 121 Å². The van der Waals surface area contributed by atoms with Crippen LogP contribution >= 0.6 is 15.9 Å². The van der Waals surface area contributed by atoms with E-state index in [1.54, 1.807) is 6.92 Å². The summed E-state index contributed by atoms with van der Waals surface area (Å²) in [5.74, 6) is -4.52. The van der Waals surface area contributed by atoms with Gasteiger partial charge in [-0.3, -0.25) is 4.79 Å². The van der Waals surface area contributed by atoms with Crippen LogP contribution in [0.1, 0.15) is 15.9 Å². The zero-order chi connectivity index (χ0) is 14.9. The number of hydrogen-bond acceptors (Lipinski definition) is 2.